The van der Waals surface area contributed by atoms with Gasteiger partial charge in [-0.1, -0.05) is 0 Å². The fourth-order valence-electron chi connectivity index (χ4n) is 2.69. The topological polar surface area (TPSA) is 66.8 Å². The third kappa shape index (κ3) is 2.21. The lowest BCUT2D eigenvalue weighted by Gasteiger charge is -2.22. The number of H-pyrrole nitrogens is 1. The second-order valence-corrected chi connectivity index (χ2v) is 5.46. The molecule has 0 aromatic carbocycles. The van der Waals surface area contributed by atoms with E-state index in [9.17, 15) is 4.79 Å². The van der Waals surface area contributed by atoms with Gasteiger partial charge in [-0.05, 0) is 32.8 Å². The highest BCUT2D eigenvalue weighted by atomic mass is 16.2. The van der Waals surface area contributed by atoms with Crippen molar-refractivity contribution >= 4 is 5.91 Å². The van der Waals surface area contributed by atoms with Crippen molar-refractivity contribution in [2.24, 2.45) is 0 Å². The Labute approximate surface area is 117 Å². The Morgan fingerprint density at radius 3 is 3.00 bits per heavy atom. The highest BCUT2D eigenvalue weighted by Gasteiger charge is 2.32. The van der Waals surface area contributed by atoms with Crippen LogP contribution in [0.3, 0.4) is 0 Å². The van der Waals surface area contributed by atoms with E-state index in [1.54, 1.807) is 12.3 Å². The van der Waals surface area contributed by atoms with Gasteiger partial charge in [0.25, 0.3) is 5.91 Å². The summed E-state index contributed by atoms with van der Waals surface area (Å²) in [4.78, 5) is 14.5. The fourth-order valence-corrected chi connectivity index (χ4v) is 2.69. The normalized spacial score (nSPS) is 18.9. The van der Waals surface area contributed by atoms with E-state index in [2.05, 4.69) is 15.3 Å². The van der Waals surface area contributed by atoms with E-state index in [0.717, 1.165) is 24.9 Å². The first-order chi connectivity index (χ1) is 9.66. The maximum Gasteiger partial charge on any atom is 0.274 e. The van der Waals surface area contributed by atoms with E-state index < -0.39 is 0 Å². The second-order valence-electron chi connectivity index (χ2n) is 5.46. The molecule has 2 aromatic heterocycles. The third-order valence-electron chi connectivity index (χ3n) is 3.77. The van der Waals surface area contributed by atoms with Crippen LogP contribution in [0.1, 0.15) is 54.8 Å². The second kappa shape index (κ2) is 5.11. The predicted octanol–water partition coefficient (Wildman–Crippen LogP) is 2.16. The highest BCUT2D eigenvalue weighted by molar-refractivity contribution is 5.92. The average Bonchev–Trinajstić information content (AvgIpc) is 3.17. The summed E-state index contributed by atoms with van der Waals surface area (Å²) in [6.07, 6.45) is 7.52. The lowest BCUT2D eigenvalue weighted by Crippen LogP contribution is -2.30. The molecule has 2 aromatic rings. The zero-order valence-corrected chi connectivity index (χ0v) is 11.8. The number of carbonyl (C=O) groups is 1. The van der Waals surface area contributed by atoms with Crippen molar-refractivity contribution in [2.75, 3.05) is 6.54 Å². The maximum atomic E-state index is 12.6. The van der Waals surface area contributed by atoms with Crippen LogP contribution in [0.25, 0.3) is 0 Å². The first kappa shape index (κ1) is 12.9. The molecule has 1 atom stereocenters. The zero-order valence-electron chi connectivity index (χ0n) is 11.8. The Morgan fingerprint density at radius 1 is 1.50 bits per heavy atom. The van der Waals surface area contributed by atoms with Crippen molar-refractivity contribution in [3.05, 3.63) is 35.9 Å². The van der Waals surface area contributed by atoms with Crippen molar-refractivity contribution in [2.45, 2.75) is 38.8 Å². The van der Waals surface area contributed by atoms with Crippen LogP contribution < -0.4 is 0 Å². The number of nitrogens with zero attached hydrogens (tertiary/aromatic N) is 4. The van der Waals surface area contributed by atoms with Crippen LogP contribution in [0.15, 0.2) is 24.7 Å². The third-order valence-corrected chi connectivity index (χ3v) is 3.77. The molecular weight excluding hydrogens is 254 g/mol. The molecule has 0 unspecified atom stereocenters. The van der Waals surface area contributed by atoms with Crippen molar-refractivity contribution in [3.63, 3.8) is 0 Å². The molecule has 20 heavy (non-hydrogen) atoms. The van der Waals surface area contributed by atoms with Crippen LogP contribution in [0.5, 0.6) is 0 Å². The first-order valence-corrected chi connectivity index (χ1v) is 7.01. The van der Waals surface area contributed by atoms with Crippen molar-refractivity contribution in [1.82, 2.24) is 24.9 Å². The number of amides is 1. The number of rotatable bonds is 3. The summed E-state index contributed by atoms with van der Waals surface area (Å²) in [5.74, 6) is 0.00750. The molecule has 6 heteroatoms. The molecule has 3 heterocycles. The van der Waals surface area contributed by atoms with Gasteiger partial charge in [0, 0.05) is 30.5 Å². The average molecular weight is 273 g/mol. The van der Waals surface area contributed by atoms with Gasteiger partial charge in [-0.3, -0.25) is 14.6 Å². The number of carbonyl (C=O) groups excluding carboxylic acids is 1. The monoisotopic (exact) mass is 273 g/mol. The Balaban J connectivity index is 1.82. The SMILES string of the molecule is CC(C)n1ccc(C(=O)N2CCC[C@@H]2c2cn[nH]c2)n1. The van der Waals surface area contributed by atoms with Crippen LogP contribution in [0, 0.1) is 0 Å². The molecule has 0 spiro atoms. The minimum Gasteiger partial charge on any atom is -0.330 e. The van der Waals surface area contributed by atoms with Crippen LogP contribution in [0.4, 0.5) is 0 Å². The molecule has 0 aliphatic carbocycles. The number of hydrogen-bond acceptors (Lipinski definition) is 3. The molecule has 106 valence electrons. The Bertz CT molecular complexity index is 586. The smallest absolute Gasteiger partial charge is 0.274 e. The summed E-state index contributed by atoms with van der Waals surface area (Å²) in [5, 5.41) is 11.2. The van der Waals surface area contributed by atoms with Crippen molar-refractivity contribution < 1.29 is 4.79 Å². The number of nitrogens with one attached hydrogen (secondary N) is 1. The van der Waals surface area contributed by atoms with E-state index in [1.807, 2.05) is 35.8 Å². The minimum atomic E-state index is 0.00750. The number of hydrogen-bond donors (Lipinski definition) is 1. The predicted molar refractivity (Wildman–Crippen MR) is 74.2 cm³/mol. The standard InChI is InChI=1S/C14H19N5O/c1-10(2)19-7-5-12(17-19)14(20)18-6-3-4-13(18)11-8-15-16-9-11/h5,7-10,13H,3-4,6H2,1-2H3,(H,15,16)/t13-/m1/s1. The summed E-state index contributed by atoms with van der Waals surface area (Å²) in [6, 6.07) is 2.18. The van der Waals surface area contributed by atoms with Crippen molar-refractivity contribution in [3.8, 4) is 0 Å². The maximum absolute atomic E-state index is 12.6. The van der Waals surface area contributed by atoms with Gasteiger partial charge in [-0.2, -0.15) is 10.2 Å². The summed E-state index contributed by atoms with van der Waals surface area (Å²) in [6.45, 7) is 4.87. The fraction of sp³-hybridized carbons (Fsp3) is 0.500. The van der Waals surface area contributed by atoms with E-state index in [1.165, 1.54) is 0 Å². The Kier molecular flexibility index (Phi) is 3.30. The summed E-state index contributed by atoms with van der Waals surface area (Å²) < 4.78 is 1.82. The Morgan fingerprint density at radius 2 is 2.35 bits per heavy atom. The molecule has 1 amide bonds. The molecule has 1 fully saturated rings. The molecule has 1 aliphatic heterocycles. The van der Waals surface area contributed by atoms with Crippen LogP contribution in [-0.4, -0.2) is 37.3 Å². The highest BCUT2D eigenvalue weighted by Crippen LogP contribution is 2.32. The van der Waals surface area contributed by atoms with Crippen molar-refractivity contribution in [1.29, 1.82) is 0 Å². The molecule has 1 N–H and O–H groups in total. The van der Waals surface area contributed by atoms with Gasteiger partial charge in [0.2, 0.25) is 0 Å². The van der Waals surface area contributed by atoms with E-state index in [4.69, 9.17) is 0 Å². The summed E-state index contributed by atoms with van der Waals surface area (Å²) in [7, 11) is 0. The van der Waals surface area contributed by atoms with Gasteiger partial charge in [0.15, 0.2) is 0 Å². The number of aromatic amines is 1. The molecule has 0 bridgehead atoms. The summed E-state index contributed by atoms with van der Waals surface area (Å²) >= 11 is 0. The molecular formula is C14H19N5O. The van der Waals surface area contributed by atoms with E-state index in [0.29, 0.717) is 5.69 Å². The Hall–Kier alpha value is -2.11. The van der Waals surface area contributed by atoms with E-state index in [-0.39, 0.29) is 18.0 Å². The quantitative estimate of drug-likeness (QED) is 0.932. The van der Waals surface area contributed by atoms with E-state index >= 15 is 0 Å². The van der Waals surface area contributed by atoms with Crippen LogP contribution >= 0.6 is 0 Å². The summed E-state index contributed by atoms with van der Waals surface area (Å²) in [5.41, 5.74) is 1.59. The lowest BCUT2D eigenvalue weighted by molar-refractivity contribution is 0.0728. The van der Waals surface area contributed by atoms with Gasteiger partial charge in [-0.25, -0.2) is 0 Å². The minimum absolute atomic E-state index is 0.00750. The van der Waals surface area contributed by atoms with Crippen LogP contribution in [0.2, 0.25) is 0 Å². The largest absolute Gasteiger partial charge is 0.330 e. The molecule has 3 rings (SSSR count). The molecule has 1 saturated heterocycles. The zero-order chi connectivity index (χ0) is 14.1. The molecule has 0 radical (unpaired) electrons. The first-order valence-electron chi connectivity index (χ1n) is 7.01. The molecule has 0 saturated carbocycles. The van der Waals surface area contributed by atoms with Gasteiger partial charge < -0.3 is 4.90 Å². The molecule has 6 nitrogen and oxygen atoms in total. The number of aromatic nitrogens is 4. The van der Waals surface area contributed by atoms with Gasteiger partial charge in [0.05, 0.1) is 12.2 Å². The van der Waals surface area contributed by atoms with Crippen LogP contribution in [-0.2, 0) is 0 Å². The lowest BCUT2D eigenvalue weighted by atomic mass is 10.1. The van der Waals surface area contributed by atoms with Gasteiger partial charge in [0.1, 0.15) is 5.69 Å². The molecule has 1 aliphatic rings. The van der Waals surface area contributed by atoms with Gasteiger partial charge >= 0.3 is 0 Å². The van der Waals surface area contributed by atoms with Gasteiger partial charge in [-0.15, -0.1) is 0 Å². The number of likely N-dealkylation sites (tertiary alicyclic amines) is 1.